The number of hydrogen-bond acceptors (Lipinski definition) is 4. The predicted molar refractivity (Wildman–Crippen MR) is 139 cm³/mol. The summed E-state index contributed by atoms with van der Waals surface area (Å²) in [5, 5.41) is 12.0. The molecule has 0 amide bonds. The van der Waals surface area contributed by atoms with Crippen molar-refractivity contribution in [2.24, 2.45) is 52.3 Å². The second-order valence-corrected chi connectivity index (χ2v) is 15.8. The number of rotatable bonds is 7. The van der Waals surface area contributed by atoms with Gasteiger partial charge in [0.25, 0.3) is 10.1 Å². The van der Waals surface area contributed by atoms with E-state index in [2.05, 4.69) is 41.5 Å². The van der Waals surface area contributed by atoms with Gasteiger partial charge in [-0.3, -0.25) is 4.18 Å². The minimum Gasteiger partial charge on any atom is -0.390 e. The summed E-state index contributed by atoms with van der Waals surface area (Å²) in [4.78, 5) is 0. The van der Waals surface area contributed by atoms with Crippen molar-refractivity contribution in [2.75, 3.05) is 6.26 Å². The van der Waals surface area contributed by atoms with E-state index in [0.717, 1.165) is 49.7 Å². The Labute approximate surface area is 210 Å². The molecular weight excluding hydrogens is 444 g/mol. The Morgan fingerprint density at radius 3 is 2.24 bits per heavy atom. The summed E-state index contributed by atoms with van der Waals surface area (Å²) in [6, 6.07) is 0. The van der Waals surface area contributed by atoms with Crippen molar-refractivity contribution in [3.8, 4) is 0 Å². The second kappa shape index (κ2) is 9.31. The van der Waals surface area contributed by atoms with E-state index in [0.29, 0.717) is 29.1 Å². The Morgan fingerprint density at radius 2 is 1.59 bits per heavy atom. The Bertz CT molecular complexity index is 835. The van der Waals surface area contributed by atoms with Crippen LogP contribution in [0.15, 0.2) is 0 Å². The maximum absolute atomic E-state index is 12.0. The van der Waals surface area contributed by atoms with Crippen molar-refractivity contribution in [3.05, 3.63) is 0 Å². The van der Waals surface area contributed by atoms with E-state index < -0.39 is 15.7 Å². The van der Waals surface area contributed by atoms with Crippen LogP contribution in [0.3, 0.4) is 0 Å². The van der Waals surface area contributed by atoms with Crippen LogP contribution >= 0.6 is 0 Å². The van der Waals surface area contributed by atoms with E-state index in [1.807, 2.05) is 0 Å². The molecule has 0 radical (unpaired) electrons. The molecule has 4 saturated carbocycles. The first kappa shape index (κ1) is 26.9. The highest BCUT2D eigenvalue weighted by Crippen LogP contribution is 2.70. The fourth-order valence-corrected chi connectivity index (χ4v) is 10.6. The third-order valence-corrected chi connectivity index (χ3v) is 12.1. The summed E-state index contributed by atoms with van der Waals surface area (Å²) < 4.78 is 29.0. The van der Waals surface area contributed by atoms with Gasteiger partial charge in [0.15, 0.2) is 0 Å². The third kappa shape index (κ3) is 4.88. The molecule has 198 valence electrons. The summed E-state index contributed by atoms with van der Waals surface area (Å²) in [5.74, 6) is 4.19. The summed E-state index contributed by atoms with van der Waals surface area (Å²) in [7, 11) is -3.44. The van der Waals surface area contributed by atoms with Crippen LogP contribution < -0.4 is 0 Å². The molecule has 0 aromatic heterocycles. The number of fused-ring (bicyclic) bond motifs is 5. The van der Waals surface area contributed by atoms with Gasteiger partial charge in [-0.1, -0.05) is 53.9 Å². The van der Waals surface area contributed by atoms with Crippen LogP contribution in [0.2, 0.25) is 0 Å². The van der Waals surface area contributed by atoms with Gasteiger partial charge in [0.2, 0.25) is 0 Å². The molecule has 0 heterocycles. The quantitative estimate of drug-likeness (QED) is 0.393. The summed E-state index contributed by atoms with van der Waals surface area (Å²) >= 11 is 0. The Balaban J connectivity index is 1.53. The molecule has 4 nitrogen and oxygen atoms in total. The molecule has 0 saturated heterocycles. The van der Waals surface area contributed by atoms with Crippen LogP contribution in [0.4, 0.5) is 0 Å². The van der Waals surface area contributed by atoms with Gasteiger partial charge >= 0.3 is 0 Å². The van der Waals surface area contributed by atoms with Gasteiger partial charge in [-0.25, -0.2) is 0 Å². The minimum atomic E-state index is -3.44. The van der Waals surface area contributed by atoms with Gasteiger partial charge in [-0.15, -0.1) is 0 Å². The molecule has 0 bridgehead atoms. The fourth-order valence-electron chi connectivity index (χ4n) is 9.93. The molecular formula is C29H52O4S. The second-order valence-electron chi connectivity index (χ2n) is 14.2. The maximum Gasteiger partial charge on any atom is 0.264 e. The highest BCUT2D eigenvalue weighted by Gasteiger charge is 2.65. The average Bonchev–Trinajstić information content (AvgIpc) is 3.04. The lowest BCUT2D eigenvalue weighted by molar-refractivity contribution is -0.211. The number of hydrogen-bond donors (Lipinski definition) is 1. The van der Waals surface area contributed by atoms with E-state index in [1.165, 1.54) is 44.9 Å². The Morgan fingerprint density at radius 1 is 0.941 bits per heavy atom. The highest BCUT2D eigenvalue weighted by atomic mass is 32.2. The Hall–Kier alpha value is -0.130. The van der Waals surface area contributed by atoms with Crippen LogP contribution in [-0.4, -0.2) is 31.5 Å². The zero-order valence-corrected chi connectivity index (χ0v) is 23.8. The van der Waals surface area contributed by atoms with Gasteiger partial charge in [0, 0.05) is 0 Å². The first-order valence-electron chi connectivity index (χ1n) is 14.3. The van der Waals surface area contributed by atoms with Crippen molar-refractivity contribution < 1.29 is 17.7 Å². The first-order valence-corrected chi connectivity index (χ1v) is 16.1. The average molecular weight is 497 g/mol. The van der Waals surface area contributed by atoms with E-state index in [9.17, 15) is 13.5 Å². The fraction of sp³-hybridized carbons (Fsp3) is 1.00. The number of aliphatic hydroxyl groups is 1. The molecule has 0 aliphatic heterocycles. The molecule has 0 spiro atoms. The minimum absolute atomic E-state index is 0.187. The Kier molecular flexibility index (Phi) is 7.37. The van der Waals surface area contributed by atoms with Crippen LogP contribution in [-0.2, 0) is 14.3 Å². The lowest BCUT2D eigenvalue weighted by Crippen LogP contribution is -2.62. The largest absolute Gasteiger partial charge is 0.390 e. The molecule has 4 aliphatic rings. The highest BCUT2D eigenvalue weighted by molar-refractivity contribution is 7.86. The first-order chi connectivity index (χ1) is 15.7. The molecule has 4 aliphatic carbocycles. The van der Waals surface area contributed by atoms with Gasteiger partial charge in [-0.05, 0) is 111 Å². The monoisotopic (exact) mass is 496 g/mol. The topological polar surface area (TPSA) is 63.6 Å². The zero-order valence-electron chi connectivity index (χ0n) is 23.0. The van der Waals surface area contributed by atoms with Crippen molar-refractivity contribution in [2.45, 2.75) is 124 Å². The van der Waals surface area contributed by atoms with Crippen LogP contribution in [0.1, 0.15) is 112 Å². The van der Waals surface area contributed by atoms with Crippen molar-refractivity contribution in [3.63, 3.8) is 0 Å². The predicted octanol–water partition coefficient (Wildman–Crippen LogP) is 6.81. The van der Waals surface area contributed by atoms with Gasteiger partial charge < -0.3 is 5.11 Å². The smallest absolute Gasteiger partial charge is 0.264 e. The molecule has 34 heavy (non-hydrogen) atoms. The van der Waals surface area contributed by atoms with E-state index >= 15 is 0 Å². The zero-order chi connectivity index (χ0) is 25.1. The van der Waals surface area contributed by atoms with Crippen molar-refractivity contribution >= 4 is 10.1 Å². The molecule has 10 atom stereocenters. The molecule has 0 unspecified atom stereocenters. The molecule has 1 N–H and O–H groups in total. The van der Waals surface area contributed by atoms with Crippen LogP contribution in [0.5, 0.6) is 0 Å². The lowest BCUT2D eigenvalue weighted by Gasteiger charge is -2.65. The third-order valence-electron chi connectivity index (χ3n) is 11.5. The summed E-state index contributed by atoms with van der Waals surface area (Å²) in [5.41, 5.74) is -0.140. The van der Waals surface area contributed by atoms with E-state index in [-0.39, 0.29) is 11.5 Å². The molecule has 4 rings (SSSR count). The molecule has 0 aromatic rings. The summed E-state index contributed by atoms with van der Waals surface area (Å²) in [6.45, 7) is 14.3. The lowest BCUT2D eigenvalue weighted by atomic mass is 9.41. The van der Waals surface area contributed by atoms with E-state index in [1.54, 1.807) is 0 Å². The SMILES string of the molecule is CC(C)CCC[C@@H](C)[C@H]1CC[C@H]2[C@H]3[C@H](CC[C@]12C)[C@@]1(C)CC[C@@H](OS(C)(=O)=O)C[C@@H]1C[C@]3(C)O. The van der Waals surface area contributed by atoms with Gasteiger partial charge in [0.05, 0.1) is 18.0 Å². The molecule has 4 fully saturated rings. The standard InChI is InChI=1S/C29H52O4S/c1-19(2)9-8-10-20(3)23-11-12-24-26-25(14-16-28(23,24)5)27(4)15-13-22(33-34(7,31)32)17-21(27)18-29(26,6)30/h19-26,30H,8-18H2,1-7H3/t20-,21-,22-,23-,24+,25+,26+,27+,28-,29+/m1/s1. The maximum atomic E-state index is 12.0. The van der Waals surface area contributed by atoms with Gasteiger partial charge in [0.1, 0.15) is 0 Å². The normalized spacial score (nSPS) is 47.7. The van der Waals surface area contributed by atoms with E-state index in [4.69, 9.17) is 4.18 Å². The van der Waals surface area contributed by atoms with Crippen molar-refractivity contribution in [1.29, 1.82) is 0 Å². The van der Waals surface area contributed by atoms with Crippen LogP contribution in [0, 0.1) is 52.3 Å². The molecule has 5 heteroatoms. The van der Waals surface area contributed by atoms with Crippen LogP contribution in [0.25, 0.3) is 0 Å². The summed E-state index contributed by atoms with van der Waals surface area (Å²) in [6.07, 6.45) is 13.5. The van der Waals surface area contributed by atoms with Crippen molar-refractivity contribution in [1.82, 2.24) is 0 Å². The van der Waals surface area contributed by atoms with Gasteiger partial charge in [-0.2, -0.15) is 8.42 Å². The molecule has 0 aromatic carbocycles.